The number of aryl methyl sites for hydroxylation is 2. The number of amides is 1. The van der Waals surface area contributed by atoms with Gasteiger partial charge in [0.15, 0.2) is 0 Å². The zero-order valence-corrected chi connectivity index (χ0v) is 20.8. The highest BCUT2D eigenvalue weighted by Crippen LogP contribution is 2.42. The maximum Gasteiger partial charge on any atom is 0.295 e. The van der Waals surface area contributed by atoms with Gasteiger partial charge >= 0.3 is 0 Å². The second kappa shape index (κ2) is 10.7. The summed E-state index contributed by atoms with van der Waals surface area (Å²) in [6.07, 6.45) is 0. The minimum atomic E-state index is -0.740. The lowest BCUT2D eigenvalue weighted by atomic mass is 9.93. The highest BCUT2D eigenvalue weighted by molar-refractivity contribution is 6.46. The van der Waals surface area contributed by atoms with E-state index in [4.69, 9.17) is 9.47 Å². The van der Waals surface area contributed by atoms with Gasteiger partial charge in [-0.3, -0.25) is 9.59 Å². The van der Waals surface area contributed by atoms with Crippen molar-refractivity contribution < 1.29 is 24.2 Å². The molecule has 34 heavy (non-hydrogen) atoms. The van der Waals surface area contributed by atoms with E-state index < -0.39 is 17.7 Å². The SMILES string of the molecule is CCN(CC)CCN1C(=O)C(=O)/C(=C(/O)c2cc(C)cc(C)c2OC)C1c1cccc(OC)c1. The summed E-state index contributed by atoms with van der Waals surface area (Å²) in [5, 5.41) is 11.5. The van der Waals surface area contributed by atoms with Gasteiger partial charge in [-0.15, -0.1) is 0 Å². The Balaban J connectivity index is 2.21. The van der Waals surface area contributed by atoms with Gasteiger partial charge in [0.2, 0.25) is 0 Å². The summed E-state index contributed by atoms with van der Waals surface area (Å²) in [5.74, 6) is -0.478. The average Bonchev–Trinajstić information content (AvgIpc) is 3.08. The second-order valence-electron chi connectivity index (χ2n) is 8.46. The molecule has 1 unspecified atom stereocenters. The number of hydrogen-bond acceptors (Lipinski definition) is 6. The summed E-state index contributed by atoms with van der Waals surface area (Å²) in [4.78, 5) is 30.3. The molecule has 1 amide bonds. The number of ether oxygens (including phenoxy) is 2. The molecule has 1 aliphatic heterocycles. The number of Topliss-reactive ketones (excluding diaryl/α,β-unsaturated/α-hetero) is 1. The number of likely N-dealkylation sites (N-methyl/N-ethyl adjacent to an activating group) is 1. The third kappa shape index (κ3) is 4.80. The zero-order valence-electron chi connectivity index (χ0n) is 20.8. The molecule has 1 N–H and O–H groups in total. The van der Waals surface area contributed by atoms with Crippen LogP contribution in [0.3, 0.4) is 0 Å². The van der Waals surface area contributed by atoms with Crippen molar-refractivity contribution in [2.75, 3.05) is 40.4 Å². The Morgan fingerprint density at radius 3 is 2.38 bits per heavy atom. The molecule has 1 heterocycles. The number of likely N-dealkylation sites (tertiary alicyclic amines) is 1. The number of hydrogen-bond donors (Lipinski definition) is 1. The number of methoxy groups -OCH3 is 2. The summed E-state index contributed by atoms with van der Waals surface area (Å²) >= 11 is 0. The molecule has 182 valence electrons. The van der Waals surface area contributed by atoms with Crippen molar-refractivity contribution in [3.63, 3.8) is 0 Å². The van der Waals surface area contributed by atoms with E-state index in [1.807, 2.05) is 32.0 Å². The predicted molar refractivity (Wildman–Crippen MR) is 132 cm³/mol. The van der Waals surface area contributed by atoms with E-state index in [1.165, 1.54) is 7.11 Å². The Morgan fingerprint density at radius 2 is 1.76 bits per heavy atom. The summed E-state index contributed by atoms with van der Waals surface area (Å²) < 4.78 is 10.9. The van der Waals surface area contributed by atoms with Crippen LogP contribution in [0.25, 0.3) is 5.76 Å². The van der Waals surface area contributed by atoms with Crippen molar-refractivity contribution in [3.05, 3.63) is 64.2 Å². The molecule has 7 heteroatoms. The lowest BCUT2D eigenvalue weighted by Crippen LogP contribution is -2.38. The van der Waals surface area contributed by atoms with Gasteiger partial charge in [-0.05, 0) is 61.8 Å². The molecule has 1 atom stereocenters. The van der Waals surface area contributed by atoms with Gasteiger partial charge in [0.1, 0.15) is 17.3 Å². The fourth-order valence-corrected chi connectivity index (χ4v) is 4.60. The van der Waals surface area contributed by atoms with Crippen molar-refractivity contribution in [2.45, 2.75) is 33.7 Å². The van der Waals surface area contributed by atoms with E-state index in [-0.39, 0.29) is 11.3 Å². The van der Waals surface area contributed by atoms with Crippen LogP contribution in [-0.2, 0) is 9.59 Å². The van der Waals surface area contributed by atoms with E-state index >= 15 is 0 Å². The van der Waals surface area contributed by atoms with Crippen molar-refractivity contribution in [1.29, 1.82) is 0 Å². The molecule has 7 nitrogen and oxygen atoms in total. The number of aliphatic hydroxyl groups excluding tert-OH is 1. The van der Waals surface area contributed by atoms with Crippen LogP contribution in [0, 0.1) is 13.8 Å². The number of carbonyl (C=O) groups excluding carboxylic acids is 2. The third-order valence-electron chi connectivity index (χ3n) is 6.38. The minimum Gasteiger partial charge on any atom is -0.507 e. The normalized spacial score (nSPS) is 17.5. The first-order chi connectivity index (χ1) is 16.3. The Labute approximate surface area is 201 Å². The van der Waals surface area contributed by atoms with Gasteiger partial charge in [0.05, 0.1) is 31.4 Å². The van der Waals surface area contributed by atoms with E-state index in [9.17, 15) is 14.7 Å². The molecule has 0 aromatic heterocycles. The van der Waals surface area contributed by atoms with Crippen LogP contribution in [0.1, 0.15) is 42.1 Å². The summed E-state index contributed by atoms with van der Waals surface area (Å²) in [6, 6.07) is 10.2. The molecule has 1 aliphatic rings. The molecule has 1 saturated heterocycles. The van der Waals surface area contributed by atoms with E-state index in [1.54, 1.807) is 30.2 Å². The first kappa shape index (κ1) is 25.3. The highest BCUT2D eigenvalue weighted by atomic mass is 16.5. The molecule has 2 aromatic rings. The number of ketones is 1. The summed E-state index contributed by atoms with van der Waals surface area (Å²) in [5.41, 5.74) is 2.89. The Hall–Kier alpha value is -3.32. The van der Waals surface area contributed by atoms with E-state index in [0.29, 0.717) is 35.7 Å². The first-order valence-electron chi connectivity index (χ1n) is 11.6. The van der Waals surface area contributed by atoms with Crippen LogP contribution in [0.2, 0.25) is 0 Å². The van der Waals surface area contributed by atoms with Gasteiger partial charge in [-0.1, -0.05) is 32.0 Å². The van der Waals surface area contributed by atoms with Gasteiger partial charge in [-0.2, -0.15) is 0 Å². The molecule has 0 bridgehead atoms. The number of rotatable bonds is 9. The van der Waals surface area contributed by atoms with Crippen molar-refractivity contribution in [2.24, 2.45) is 0 Å². The molecule has 3 rings (SSSR count). The Morgan fingerprint density at radius 1 is 1.06 bits per heavy atom. The zero-order chi connectivity index (χ0) is 25.0. The van der Waals surface area contributed by atoms with Gasteiger partial charge in [0.25, 0.3) is 11.7 Å². The Kier molecular flexibility index (Phi) is 7.99. The summed E-state index contributed by atoms with van der Waals surface area (Å²) in [6.45, 7) is 10.6. The van der Waals surface area contributed by atoms with Crippen molar-refractivity contribution in [3.8, 4) is 11.5 Å². The molecular weight excluding hydrogens is 432 g/mol. The number of carbonyl (C=O) groups is 2. The van der Waals surface area contributed by atoms with Crippen molar-refractivity contribution >= 4 is 17.4 Å². The third-order valence-corrected chi connectivity index (χ3v) is 6.38. The topological polar surface area (TPSA) is 79.3 Å². The van der Waals surface area contributed by atoms with E-state index in [2.05, 4.69) is 18.7 Å². The fraction of sp³-hybridized carbons (Fsp3) is 0.407. The van der Waals surface area contributed by atoms with Crippen LogP contribution in [0.15, 0.2) is 42.0 Å². The van der Waals surface area contributed by atoms with Crippen LogP contribution in [0.5, 0.6) is 11.5 Å². The molecule has 1 fully saturated rings. The van der Waals surface area contributed by atoms with Gasteiger partial charge < -0.3 is 24.4 Å². The molecule has 0 radical (unpaired) electrons. The lowest BCUT2D eigenvalue weighted by Gasteiger charge is -2.28. The first-order valence-corrected chi connectivity index (χ1v) is 11.6. The average molecular weight is 467 g/mol. The predicted octanol–water partition coefficient (Wildman–Crippen LogP) is 4.08. The standard InChI is InChI=1S/C27H34N2O5/c1-7-28(8-2)12-13-29-23(19-10-9-11-20(16-19)33-5)22(25(31)27(29)32)24(30)21-15-17(3)14-18(4)26(21)34-6/h9-11,14-16,23,30H,7-8,12-13H2,1-6H3/b24-22+. The lowest BCUT2D eigenvalue weighted by molar-refractivity contribution is -0.140. The number of benzene rings is 2. The second-order valence-corrected chi connectivity index (χ2v) is 8.46. The van der Waals surface area contributed by atoms with Crippen LogP contribution in [-0.4, -0.2) is 67.0 Å². The van der Waals surface area contributed by atoms with Gasteiger partial charge in [-0.25, -0.2) is 0 Å². The molecule has 0 aliphatic carbocycles. The van der Waals surface area contributed by atoms with Crippen molar-refractivity contribution in [1.82, 2.24) is 9.80 Å². The maximum atomic E-state index is 13.3. The largest absolute Gasteiger partial charge is 0.507 e. The van der Waals surface area contributed by atoms with E-state index in [0.717, 1.165) is 24.2 Å². The maximum absolute atomic E-state index is 13.3. The van der Waals surface area contributed by atoms with Crippen LogP contribution >= 0.6 is 0 Å². The summed E-state index contributed by atoms with van der Waals surface area (Å²) in [7, 11) is 3.09. The molecule has 0 spiro atoms. The quantitative estimate of drug-likeness (QED) is 0.341. The van der Waals surface area contributed by atoms with Crippen LogP contribution in [0.4, 0.5) is 0 Å². The highest BCUT2D eigenvalue weighted by Gasteiger charge is 2.46. The number of aliphatic hydroxyl groups is 1. The van der Waals surface area contributed by atoms with Crippen LogP contribution < -0.4 is 9.47 Å². The minimum absolute atomic E-state index is 0.0566. The smallest absolute Gasteiger partial charge is 0.295 e. The Bertz CT molecular complexity index is 1100. The monoisotopic (exact) mass is 466 g/mol. The molecule has 0 saturated carbocycles. The fourth-order valence-electron chi connectivity index (χ4n) is 4.60. The molecule has 2 aromatic carbocycles. The van der Waals surface area contributed by atoms with Gasteiger partial charge in [0, 0.05) is 13.1 Å². The number of nitrogens with zero attached hydrogens (tertiary/aromatic N) is 2. The molecular formula is C27H34N2O5.